The number of methoxy groups -OCH3 is 1. The normalized spacial score (nSPS) is 23.9. The summed E-state index contributed by atoms with van der Waals surface area (Å²) in [5.74, 6) is 0. The van der Waals surface area contributed by atoms with Crippen LogP contribution in [0.5, 0.6) is 0 Å². The van der Waals surface area contributed by atoms with Gasteiger partial charge in [-0.15, -0.1) is 0 Å². The summed E-state index contributed by atoms with van der Waals surface area (Å²) in [6.45, 7) is 1.69. The van der Waals surface area contributed by atoms with Gasteiger partial charge >= 0.3 is 0 Å². The maximum absolute atomic E-state index is 12.2. The van der Waals surface area contributed by atoms with Gasteiger partial charge in [-0.1, -0.05) is 0 Å². The van der Waals surface area contributed by atoms with Crippen molar-refractivity contribution < 1.29 is 13.2 Å². The van der Waals surface area contributed by atoms with Crippen LogP contribution in [-0.2, 0) is 21.8 Å². The molecule has 0 aliphatic carbocycles. The highest BCUT2D eigenvalue weighted by Gasteiger charge is 2.35. The number of rotatable bonds is 6. The number of aromatic nitrogens is 2. The van der Waals surface area contributed by atoms with E-state index in [1.54, 1.807) is 14.2 Å². The molecule has 1 saturated heterocycles. The molecule has 1 aliphatic heterocycles. The van der Waals surface area contributed by atoms with E-state index in [9.17, 15) is 8.42 Å². The number of nitrogens with one attached hydrogen (secondary N) is 2. The Hall–Kier alpha value is -0.960. The van der Waals surface area contributed by atoms with E-state index in [4.69, 9.17) is 4.74 Å². The molecule has 1 fully saturated rings. The Balaban J connectivity index is 2.07. The fourth-order valence-electron chi connectivity index (χ4n) is 2.40. The van der Waals surface area contributed by atoms with Gasteiger partial charge in [-0.2, -0.15) is 5.10 Å². The van der Waals surface area contributed by atoms with E-state index in [0.717, 1.165) is 19.4 Å². The second-order valence-corrected chi connectivity index (χ2v) is 6.58. The van der Waals surface area contributed by atoms with Gasteiger partial charge in [-0.3, -0.25) is 4.68 Å². The molecule has 0 saturated carbocycles. The molecular formula is C11H20N4O3S. The lowest BCUT2D eigenvalue weighted by Crippen LogP contribution is -2.53. The third-order valence-electron chi connectivity index (χ3n) is 3.40. The van der Waals surface area contributed by atoms with Crippen LogP contribution in [-0.4, -0.2) is 50.5 Å². The first-order chi connectivity index (χ1) is 8.99. The monoisotopic (exact) mass is 288 g/mol. The standard InChI is InChI=1S/C11H20N4O3S/c1-15-10(4-7-13-15)19(16,17)14-8-11(9-18-2)5-3-6-12-11/h4,7,12,14H,3,5-6,8-9H2,1-2H3. The van der Waals surface area contributed by atoms with Gasteiger partial charge < -0.3 is 10.1 Å². The van der Waals surface area contributed by atoms with Gasteiger partial charge in [0, 0.05) is 20.7 Å². The minimum Gasteiger partial charge on any atom is -0.383 e. The van der Waals surface area contributed by atoms with Gasteiger partial charge in [-0.25, -0.2) is 13.1 Å². The van der Waals surface area contributed by atoms with Gasteiger partial charge in [0.2, 0.25) is 0 Å². The average Bonchev–Trinajstić information content (AvgIpc) is 2.97. The molecule has 8 heteroatoms. The Kier molecular flexibility index (Phi) is 4.24. The maximum Gasteiger partial charge on any atom is 0.257 e. The SMILES string of the molecule is COCC1(CNS(=O)(=O)c2ccnn2C)CCCN1. The molecule has 0 bridgehead atoms. The number of hydrogen-bond donors (Lipinski definition) is 2. The molecule has 0 radical (unpaired) electrons. The van der Waals surface area contributed by atoms with Crippen molar-refractivity contribution in [3.8, 4) is 0 Å². The lowest BCUT2D eigenvalue weighted by molar-refractivity contribution is 0.122. The topological polar surface area (TPSA) is 85.2 Å². The van der Waals surface area contributed by atoms with E-state index in [1.165, 1.54) is 16.9 Å². The molecule has 1 aliphatic rings. The van der Waals surface area contributed by atoms with Crippen LogP contribution in [0.4, 0.5) is 0 Å². The predicted octanol–water partition coefficient (Wildman–Crippen LogP) is -0.533. The Morgan fingerprint density at radius 1 is 1.63 bits per heavy atom. The fourth-order valence-corrected chi connectivity index (χ4v) is 3.65. The summed E-state index contributed by atoms with van der Waals surface area (Å²) in [4.78, 5) is 0. The lowest BCUT2D eigenvalue weighted by Gasteiger charge is -2.28. The Labute approximate surface area is 113 Å². The van der Waals surface area contributed by atoms with E-state index < -0.39 is 10.0 Å². The fraction of sp³-hybridized carbons (Fsp3) is 0.727. The Morgan fingerprint density at radius 2 is 2.42 bits per heavy atom. The van der Waals surface area contributed by atoms with Gasteiger partial charge in [0.15, 0.2) is 5.03 Å². The van der Waals surface area contributed by atoms with E-state index in [-0.39, 0.29) is 10.6 Å². The summed E-state index contributed by atoms with van der Waals surface area (Å²) < 4.78 is 33.5. The second kappa shape index (κ2) is 5.58. The Morgan fingerprint density at radius 3 is 2.95 bits per heavy atom. The molecule has 1 unspecified atom stereocenters. The number of sulfonamides is 1. The summed E-state index contributed by atoms with van der Waals surface area (Å²) >= 11 is 0. The highest BCUT2D eigenvalue weighted by Crippen LogP contribution is 2.19. The van der Waals surface area contributed by atoms with Gasteiger partial charge in [0.1, 0.15) is 0 Å². The first-order valence-corrected chi connectivity index (χ1v) is 7.69. The molecule has 2 N–H and O–H groups in total. The van der Waals surface area contributed by atoms with E-state index in [2.05, 4.69) is 15.1 Å². The van der Waals surface area contributed by atoms with Crippen LogP contribution in [0.25, 0.3) is 0 Å². The van der Waals surface area contributed by atoms with E-state index in [1.807, 2.05) is 0 Å². The highest BCUT2D eigenvalue weighted by molar-refractivity contribution is 7.89. The largest absolute Gasteiger partial charge is 0.383 e. The molecule has 1 aromatic rings. The predicted molar refractivity (Wildman–Crippen MR) is 70.2 cm³/mol. The van der Waals surface area contributed by atoms with Crippen molar-refractivity contribution in [2.24, 2.45) is 7.05 Å². The molecular weight excluding hydrogens is 268 g/mol. The van der Waals surface area contributed by atoms with Crippen LogP contribution in [0.1, 0.15) is 12.8 Å². The smallest absolute Gasteiger partial charge is 0.257 e. The highest BCUT2D eigenvalue weighted by atomic mass is 32.2. The van der Waals surface area contributed by atoms with Crippen LogP contribution in [0.3, 0.4) is 0 Å². The van der Waals surface area contributed by atoms with Crippen LogP contribution in [0, 0.1) is 0 Å². The molecule has 7 nitrogen and oxygen atoms in total. The molecule has 2 heterocycles. The number of aryl methyl sites for hydroxylation is 1. The van der Waals surface area contributed by atoms with Gasteiger partial charge in [0.25, 0.3) is 10.0 Å². The number of nitrogens with zero attached hydrogens (tertiary/aromatic N) is 2. The molecule has 19 heavy (non-hydrogen) atoms. The van der Waals surface area contributed by atoms with Crippen LogP contribution >= 0.6 is 0 Å². The minimum atomic E-state index is -3.54. The van der Waals surface area contributed by atoms with Crippen LogP contribution in [0.15, 0.2) is 17.3 Å². The molecule has 0 amide bonds. The quantitative estimate of drug-likeness (QED) is 0.735. The summed E-state index contributed by atoms with van der Waals surface area (Å²) in [7, 11) is -0.310. The van der Waals surface area contributed by atoms with Crippen LogP contribution < -0.4 is 10.0 Å². The summed E-state index contributed by atoms with van der Waals surface area (Å²) in [6, 6.07) is 1.48. The molecule has 2 rings (SSSR count). The summed E-state index contributed by atoms with van der Waals surface area (Å²) in [6.07, 6.45) is 3.39. The summed E-state index contributed by atoms with van der Waals surface area (Å²) in [5, 5.41) is 7.37. The second-order valence-electron chi connectivity index (χ2n) is 4.86. The molecule has 108 valence electrons. The number of ether oxygens (including phenoxy) is 1. The third-order valence-corrected chi connectivity index (χ3v) is 4.88. The minimum absolute atomic E-state index is 0.165. The molecule has 1 atom stereocenters. The first-order valence-electron chi connectivity index (χ1n) is 6.21. The van der Waals surface area contributed by atoms with Crippen molar-refractivity contribution in [3.63, 3.8) is 0 Å². The van der Waals surface area contributed by atoms with Gasteiger partial charge in [-0.05, 0) is 25.5 Å². The zero-order valence-electron chi connectivity index (χ0n) is 11.2. The molecule has 1 aromatic heterocycles. The zero-order chi connectivity index (χ0) is 13.9. The number of hydrogen-bond acceptors (Lipinski definition) is 5. The van der Waals surface area contributed by atoms with Crippen molar-refractivity contribution >= 4 is 10.0 Å². The summed E-state index contributed by atoms with van der Waals surface area (Å²) in [5.41, 5.74) is -0.305. The zero-order valence-corrected chi connectivity index (χ0v) is 12.0. The first kappa shape index (κ1) is 14.4. The van der Waals surface area contributed by atoms with Crippen molar-refractivity contribution in [3.05, 3.63) is 12.3 Å². The molecule has 0 spiro atoms. The van der Waals surface area contributed by atoms with Crippen molar-refractivity contribution in [1.82, 2.24) is 19.8 Å². The average molecular weight is 288 g/mol. The lowest BCUT2D eigenvalue weighted by atomic mass is 9.99. The van der Waals surface area contributed by atoms with Crippen LogP contribution in [0.2, 0.25) is 0 Å². The van der Waals surface area contributed by atoms with Crippen molar-refractivity contribution in [2.45, 2.75) is 23.4 Å². The van der Waals surface area contributed by atoms with E-state index in [0.29, 0.717) is 13.2 Å². The Bertz CT molecular complexity index is 520. The maximum atomic E-state index is 12.2. The van der Waals surface area contributed by atoms with Gasteiger partial charge in [0.05, 0.1) is 18.3 Å². The third kappa shape index (κ3) is 3.14. The van der Waals surface area contributed by atoms with E-state index >= 15 is 0 Å². The van der Waals surface area contributed by atoms with Crippen molar-refractivity contribution in [2.75, 3.05) is 26.8 Å². The van der Waals surface area contributed by atoms with Crippen molar-refractivity contribution in [1.29, 1.82) is 0 Å². The molecule has 0 aromatic carbocycles.